The van der Waals surface area contributed by atoms with Crippen molar-refractivity contribution in [2.24, 2.45) is 0 Å². The van der Waals surface area contributed by atoms with Crippen LogP contribution in [0.25, 0.3) is 5.69 Å². The van der Waals surface area contributed by atoms with Gasteiger partial charge in [-0.15, -0.1) is 0 Å². The lowest BCUT2D eigenvalue weighted by molar-refractivity contribution is 0.0938. The number of carbonyl (C=O) groups is 1. The highest BCUT2D eigenvalue weighted by molar-refractivity contribution is 5.91. The van der Waals surface area contributed by atoms with Crippen molar-refractivity contribution in [3.63, 3.8) is 0 Å². The number of nitrogens with one attached hydrogen (secondary N) is 1. The van der Waals surface area contributed by atoms with E-state index < -0.39 is 28.7 Å². The molecule has 0 saturated heterocycles. The maximum absolute atomic E-state index is 14.2. The Labute approximate surface area is 181 Å². The molecular weight excluding hydrogens is 415 g/mol. The van der Waals surface area contributed by atoms with Crippen molar-refractivity contribution < 1.29 is 13.6 Å². The second-order valence-corrected chi connectivity index (χ2v) is 7.12. The summed E-state index contributed by atoms with van der Waals surface area (Å²) in [5.41, 5.74) is -0.743. The Bertz CT molecular complexity index is 1370. The summed E-state index contributed by atoms with van der Waals surface area (Å²) in [6.45, 7) is 1.56. The normalized spacial score (nSPS) is 10.8. The van der Waals surface area contributed by atoms with Crippen LogP contribution in [0.1, 0.15) is 27.4 Å². The number of rotatable bonds is 6. The van der Waals surface area contributed by atoms with Crippen LogP contribution in [0, 0.1) is 12.7 Å². The summed E-state index contributed by atoms with van der Waals surface area (Å²) in [7, 11) is 0. The Balaban J connectivity index is 1.81. The van der Waals surface area contributed by atoms with Crippen LogP contribution in [0.2, 0.25) is 0 Å². The quantitative estimate of drug-likeness (QED) is 0.503. The van der Waals surface area contributed by atoms with E-state index in [-0.39, 0.29) is 18.7 Å². The van der Waals surface area contributed by atoms with Crippen LogP contribution in [-0.2, 0) is 13.1 Å². The molecule has 8 nitrogen and oxygen atoms in total. The average Bonchev–Trinajstić information content (AvgIpc) is 3.31. The standard InChI is InChI=1S/C23H19FN4O4/c1-15-8-10-17(11-9-15)28-23(31)27(14-16-5-2-3-7-19(16)24)22(30)20(26-28)21(29)25-13-18-6-4-12-32-18/h2-12H,13-14H2,1H3,(H,25,29). The number of carbonyl (C=O) groups excluding carboxylic acids is 1. The molecular formula is C23H19FN4O4. The highest BCUT2D eigenvalue weighted by Crippen LogP contribution is 2.09. The number of hydrogen-bond acceptors (Lipinski definition) is 5. The van der Waals surface area contributed by atoms with E-state index in [9.17, 15) is 18.8 Å². The van der Waals surface area contributed by atoms with Gasteiger partial charge >= 0.3 is 5.69 Å². The van der Waals surface area contributed by atoms with Gasteiger partial charge in [0.1, 0.15) is 11.6 Å². The largest absolute Gasteiger partial charge is 0.467 e. The second-order valence-electron chi connectivity index (χ2n) is 7.12. The number of hydrogen-bond donors (Lipinski definition) is 1. The van der Waals surface area contributed by atoms with Crippen LogP contribution >= 0.6 is 0 Å². The lowest BCUT2D eigenvalue weighted by Gasteiger charge is -2.12. The van der Waals surface area contributed by atoms with Gasteiger partial charge in [-0.3, -0.25) is 14.2 Å². The predicted octanol–water partition coefficient (Wildman–Crippen LogP) is 2.41. The number of amides is 1. The van der Waals surface area contributed by atoms with E-state index in [0.717, 1.165) is 14.8 Å². The summed E-state index contributed by atoms with van der Waals surface area (Å²) in [5.74, 6) is -0.868. The monoisotopic (exact) mass is 434 g/mol. The first-order chi connectivity index (χ1) is 15.4. The van der Waals surface area contributed by atoms with Crippen molar-refractivity contribution in [2.75, 3.05) is 0 Å². The number of aromatic nitrogens is 3. The molecule has 4 rings (SSSR count). The molecule has 4 aromatic rings. The molecule has 0 unspecified atom stereocenters. The number of nitrogens with zero attached hydrogens (tertiary/aromatic N) is 3. The number of benzene rings is 2. The van der Waals surface area contributed by atoms with Crippen molar-refractivity contribution in [1.29, 1.82) is 0 Å². The minimum absolute atomic E-state index is 0.0317. The molecule has 0 radical (unpaired) electrons. The highest BCUT2D eigenvalue weighted by atomic mass is 19.1. The molecule has 2 aromatic carbocycles. The van der Waals surface area contributed by atoms with Crippen LogP contribution in [0.3, 0.4) is 0 Å². The molecule has 2 heterocycles. The third-order valence-electron chi connectivity index (χ3n) is 4.84. The van der Waals surface area contributed by atoms with E-state index in [1.807, 2.05) is 6.92 Å². The van der Waals surface area contributed by atoms with E-state index in [0.29, 0.717) is 11.4 Å². The van der Waals surface area contributed by atoms with Gasteiger partial charge < -0.3 is 9.73 Å². The van der Waals surface area contributed by atoms with Crippen LogP contribution < -0.4 is 16.6 Å². The summed E-state index contributed by atoms with van der Waals surface area (Å²) < 4.78 is 21.1. The molecule has 0 aliphatic heterocycles. The summed E-state index contributed by atoms with van der Waals surface area (Å²) >= 11 is 0. The molecule has 0 fully saturated rings. The Morgan fingerprint density at radius 3 is 2.50 bits per heavy atom. The van der Waals surface area contributed by atoms with Gasteiger partial charge in [-0.25, -0.2) is 9.18 Å². The molecule has 9 heteroatoms. The van der Waals surface area contributed by atoms with Gasteiger partial charge in [-0.2, -0.15) is 9.78 Å². The van der Waals surface area contributed by atoms with E-state index in [4.69, 9.17) is 4.42 Å². The molecule has 0 aliphatic carbocycles. The summed E-state index contributed by atoms with van der Waals surface area (Å²) in [4.78, 5) is 38.9. The fourth-order valence-corrected chi connectivity index (χ4v) is 3.11. The molecule has 0 aliphatic rings. The lowest BCUT2D eigenvalue weighted by Crippen LogP contribution is -2.46. The van der Waals surface area contributed by atoms with Crippen LogP contribution in [0.15, 0.2) is 80.9 Å². The zero-order chi connectivity index (χ0) is 22.7. The van der Waals surface area contributed by atoms with Crippen LogP contribution in [-0.4, -0.2) is 20.3 Å². The molecule has 32 heavy (non-hydrogen) atoms. The average molecular weight is 434 g/mol. The van der Waals surface area contributed by atoms with Crippen molar-refractivity contribution in [3.8, 4) is 5.69 Å². The number of furan rings is 1. The predicted molar refractivity (Wildman–Crippen MR) is 114 cm³/mol. The first kappa shape index (κ1) is 21.0. The third-order valence-corrected chi connectivity index (χ3v) is 4.84. The van der Waals surface area contributed by atoms with Gasteiger partial charge in [-0.05, 0) is 37.3 Å². The smallest absolute Gasteiger partial charge is 0.352 e. The Kier molecular flexibility index (Phi) is 5.80. The van der Waals surface area contributed by atoms with E-state index in [2.05, 4.69) is 10.4 Å². The minimum atomic E-state index is -0.918. The van der Waals surface area contributed by atoms with Gasteiger partial charge in [0.25, 0.3) is 11.5 Å². The van der Waals surface area contributed by atoms with E-state index in [1.54, 1.807) is 42.5 Å². The zero-order valence-electron chi connectivity index (χ0n) is 17.1. The van der Waals surface area contributed by atoms with Gasteiger partial charge in [0.15, 0.2) is 0 Å². The van der Waals surface area contributed by atoms with Crippen LogP contribution in [0.5, 0.6) is 0 Å². The molecule has 2 aromatic heterocycles. The van der Waals surface area contributed by atoms with Crippen LogP contribution in [0.4, 0.5) is 4.39 Å². The van der Waals surface area contributed by atoms with E-state index in [1.165, 1.54) is 24.5 Å². The number of aryl methyl sites for hydroxylation is 1. The highest BCUT2D eigenvalue weighted by Gasteiger charge is 2.21. The van der Waals surface area contributed by atoms with Crippen molar-refractivity contribution in [3.05, 3.63) is 116 Å². The SMILES string of the molecule is Cc1ccc(-n2nc(C(=O)NCc3ccco3)c(=O)n(Cc3ccccc3F)c2=O)cc1. The topological polar surface area (TPSA) is 99.1 Å². The Morgan fingerprint density at radius 1 is 1.06 bits per heavy atom. The lowest BCUT2D eigenvalue weighted by atomic mass is 10.2. The Morgan fingerprint density at radius 2 is 1.81 bits per heavy atom. The summed E-state index contributed by atoms with van der Waals surface area (Å²) in [6.07, 6.45) is 1.46. The van der Waals surface area contributed by atoms with Gasteiger partial charge in [0.05, 0.1) is 25.0 Å². The second kappa shape index (κ2) is 8.84. The number of halogens is 1. The Hall–Kier alpha value is -4.27. The first-order valence-electron chi connectivity index (χ1n) is 9.79. The van der Waals surface area contributed by atoms with Crippen molar-refractivity contribution >= 4 is 5.91 Å². The molecule has 1 N–H and O–H groups in total. The minimum Gasteiger partial charge on any atom is -0.467 e. The molecule has 162 valence electrons. The molecule has 1 amide bonds. The van der Waals surface area contributed by atoms with Gasteiger partial charge in [-0.1, -0.05) is 35.9 Å². The third kappa shape index (κ3) is 4.27. The summed E-state index contributed by atoms with van der Waals surface area (Å²) in [6, 6.07) is 16.0. The first-order valence-corrected chi connectivity index (χ1v) is 9.79. The molecule has 0 spiro atoms. The molecule has 0 saturated carbocycles. The maximum atomic E-state index is 14.2. The summed E-state index contributed by atoms with van der Waals surface area (Å²) in [5, 5.41) is 6.58. The van der Waals surface area contributed by atoms with Crippen molar-refractivity contribution in [2.45, 2.75) is 20.0 Å². The van der Waals surface area contributed by atoms with Gasteiger partial charge in [0.2, 0.25) is 5.69 Å². The zero-order valence-corrected chi connectivity index (χ0v) is 17.1. The van der Waals surface area contributed by atoms with E-state index >= 15 is 0 Å². The molecule has 0 atom stereocenters. The molecule has 0 bridgehead atoms. The van der Waals surface area contributed by atoms with Crippen molar-refractivity contribution in [1.82, 2.24) is 19.7 Å². The van der Waals surface area contributed by atoms with Gasteiger partial charge in [0, 0.05) is 5.56 Å². The maximum Gasteiger partial charge on any atom is 0.352 e. The fraction of sp³-hybridized carbons (Fsp3) is 0.130. The fourth-order valence-electron chi connectivity index (χ4n) is 3.11.